The highest BCUT2D eigenvalue weighted by Crippen LogP contribution is 2.20. The van der Waals surface area contributed by atoms with Gasteiger partial charge in [0.25, 0.3) is 0 Å². The van der Waals surface area contributed by atoms with Gasteiger partial charge >= 0.3 is 0 Å². The van der Waals surface area contributed by atoms with Crippen molar-refractivity contribution in [2.24, 2.45) is 0 Å². The lowest BCUT2D eigenvalue weighted by molar-refractivity contribution is -0.121. The number of carbonyl (C=O) groups is 2. The first-order chi connectivity index (χ1) is 9.08. The van der Waals surface area contributed by atoms with Crippen molar-refractivity contribution >= 4 is 35.2 Å². The Morgan fingerprint density at radius 3 is 2.42 bits per heavy atom. The van der Waals surface area contributed by atoms with E-state index in [2.05, 4.69) is 10.6 Å². The van der Waals surface area contributed by atoms with Gasteiger partial charge in [0.2, 0.25) is 11.8 Å². The number of hydrogen-bond acceptors (Lipinski definition) is 3. The van der Waals surface area contributed by atoms with Crippen LogP contribution in [0.25, 0.3) is 0 Å². The molecule has 1 aromatic rings. The average Bonchev–Trinajstić information content (AvgIpc) is 2.37. The molecule has 0 radical (unpaired) electrons. The summed E-state index contributed by atoms with van der Waals surface area (Å²) in [6.07, 6.45) is 0.452. The molecule has 0 saturated heterocycles. The number of carbonyl (C=O) groups excluding carboxylic acids is 2. The molecule has 0 aliphatic heterocycles. The fraction of sp³-hybridized carbons (Fsp3) is 0.385. The molecule has 19 heavy (non-hydrogen) atoms. The first-order valence-corrected chi connectivity index (χ1v) is 7.34. The number of nitrogens with one attached hydrogen (secondary N) is 2. The van der Waals surface area contributed by atoms with Crippen LogP contribution in [-0.2, 0) is 9.59 Å². The Morgan fingerprint density at radius 1 is 1.16 bits per heavy atom. The van der Waals surface area contributed by atoms with E-state index in [-0.39, 0.29) is 11.8 Å². The zero-order chi connectivity index (χ0) is 14.1. The third-order valence-corrected chi connectivity index (χ3v) is 3.50. The van der Waals surface area contributed by atoms with Crippen LogP contribution in [0.15, 0.2) is 29.2 Å². The lowest BCUT2D eigenvalue weighted by Gasteiger charge is -2.05. The minimum Gasteiger partial charge on any atom is -0.355 e. The lowest BCUT2D eigenvalue weighted by atomic mass is 10.4. The van der Waals surface area contributed by atoms with Crippen LogP contribution in [0.4, 0.5) is 0 Å². The quantitative estimate of drug-likeness (QED) is 0.599. The van der Waals surface area contributed by atoms with Crippen molar-refractivity contribution in [1.82, 2.24) is 10.6 Å². The Hall–Kier alpha value is -1.20. The van der Waals surface area contributed by atoms with Crippen LogP contribution < -0.4 is 10.6 Å². The summed E-state index contributed by atoms with van der Waals surface area (Å²) in [4.78, 5) is 23.2. The van der Waals surface area contributed by atoms with E-state index in [0.717, 1.165) is 4.90 Å². The van der Waals surface area contributed by atoms with Gasteiger partial charge in [-0.05, 0) is 24.3 Å². The highest BCUT2D eigenvalue weighted by Gasteiger charge is 2.01. The molecule has 0 atom stereocenters. The van der Waals surface area contributed by atoms with Gasteiger partial charge in [0.1, 0.15) is 0 Å². The predicted octanol–water partition coefficient (Wildman–Crippen LogP) is 2.07. The van der Waals surface area contributed by atoms with Crippen molar-refractivity contribution < 1.29 is 9.59 Å². The molecule has 104 valence electrons. The molecular formula is C13H17ClN2O2S. The molecule has 4 nitrogen and oxygen atoms in total. The largest absolute Gasteiger partial charge is 0.355 e. The number of benzene rings is 1. The van der Waals surface area contributed by atoms with E-state index in [1.54, 1.807) is 11.8 Å². The number of amides is 2. The summed E-state index contributed by atoms with van der Waals surface area (Å²) in [5.74, 6) is 0.618. The second-order valence-corrected chi connectivity index (χ2v) is 5.49. The van der Waals surface area contributed by atoms with Gasteiger partial charge in [-0.1, -0.05) is 11.6 Å². The van der Waals surface area contributed by atoms with Crippen LogP contribution in [0.5, 0.6) is 0 Å². The van der Waals surface area contributed by atoms with Gasteiger partial charge in [0.05, 0.1) is 0 Å². The normalized spacial score (nSPS) is 10.0. The van der Waals surface area contributed by atoms with Crippen LogP contribution in [0.2, 0.25) is 5.02 Å². The van der Waals surface area contributed by atoms with Crippen LogP contribution in [0.3, 0.4) is 0 Å². The fourth-order valence-electron chi connectivity index (χ4n) is 1.32. The van der Waals surface area contributed by atoms with Crippen molar-refractivity contribution in [3.63, 3.8) is 0 Å². The molecule has 1 aromatic carbocycles. The minimum absolute atomic E-state index is 0.00758. The molecule has 0 bridgehead atoms. The molecule has 0 spiro atoms. The maximum Gasteiger partial charge on any atom is 0.220 e. The van der Waals surface area contributed by atoms with Crippen LogP contribution in [0.1, 0.15) is 13.3 Å². The van der Waals surface area contributed by atoms with Gasteiger partial charge < -0.3 is 10.6 Å². The molecule has 0 unspecified atom stereocenters. The number of thioether (sulfide) groups is 1. The monoisotopic (exact) mass is 300 g/mol. The Morgan fingerprint density at radius 2 is 1.79 bits per heavy atom. The van der Waals surface area contributed by atoms with Gasteiger partial charge in [0.15, 0.2) is 0 Å². The van der Waals surface area contributed by atoms with E-state index in [1.807, 2.05) is 24.3 Å². The summed E-state index contributed by atoms with van der Waals surface area (Å²) in [6, 6.07) is 7.53. The van der Waals surface area contributed by atoms with Crippen LogP contribution in [-0.4, -0.2) is 30.7 Å². The average molecular weight is 301 g/mol. The third kappa shape index (κ3) is 7.74. The van der Waals surface area contributed by atoms with Gasteiger partial charge in [-0.15, -0.1) is 11.8 Å². The third-order valence-electron chi connectivity index (χ3n) is 2.23. The number of halogens is 1. The standard InChI is InChI=1S/C13H17ClN2O2S/c1-10(17)15-7-8-16-13(18)6-9-19-12-4-2-11(14)3-5-12/h2-5H,6-9H2,1H3,(H,15,17)(H,16,18). The second kappa shape index (κ2) is 8.82. The molecule has 0 saturated carbocycles. The lowest BCUT2D eigenvalue weighted by Crippen LogP contribution is -2.33. The Bertz CT molecular complexity index is 423. The minimum atomic E-state index is -0.0902. The zero-order valence-electron chi connectivity index (χ0n) is 10.7. The summed E-state index contributed by atoms with van der Waals surface area (Å²) < 4.78 is 0. The summed E-state index contributed by atoms with van der Waals surface area (Å²) in [7, 11) is 0. The first-order valence-electron chi connectivity index (χ1n) is 5.97. The molecule has 0 aliphatic carbocycles. The van der Waals surface area contributed by atoms with E-state index < -0.39 is 0 Å². The van der Waals surface area contributed by atoms with Crippen molar-refractivity contribution in [2.75, 3.05) is 18.8 Å². The number of rotatable bonds is 7. The fourth-order valence-corrected chi connectivity index (χ4v) is 2.30. The molecule has 0 aromatic heterocycles. The summed E-state index contributed by atoms with van der Waals surface area (Å²) in [6.45, 7) is 2.38. The van der Waals surface area contributed by atoms with E-state index >= 15 is 0 Å². The number of hydrogen-bond donors (Lipinski definition) is 2. The van der Waals surface area contributed by atoms with Crippen molar-refractivity contribution in [1.29, 1.82) is 0 Å². The van der Waals surface area contributed by atoms with Gasteiger partial charge in [0, 0.05) is 42.1 Å². The van der Waals surface area contributed by atoms with Crippen molar-refractivity contribution in [2.45, 2.75) is 18.2 Å². The summed E-state index contributed by atoms with van der Waals surface area (Å²) >= 11 is 7.40. The van der Waals surface area contributed by atoms with Crippen LogP contribution >= 0.6 is 23.4 Å². The summed E-state index contributed by atoms with van der Waals surface area (Å²) in [5, 5.41) is 6.07. The molecule has 2 N–H and O–H groups in total. The summed E-state index contributed by atoms with van der Waals surface area (Å²) in [5.41, 5.74) is 0. The van der Waals surface area contributed by atoms with E-state index in [0.29, 0.717) is 30.3 Å². The molecule has 0 heterocycles. The topological polar surface area (TPSA) is 58.2 Å². The maximum absolute atomic E-state index is 11.5. The SMILES string of the molecule is CC(=O)NCCNC(=O)CCSc1ccc(Cl)cc1. The molecule has 0 fully saturated rings. The first kappa shape index (κ1) is 15.9. The van der Waals surface area contributed by atoms with Gasteiger partial charge in [-0.2, -0.15) is 0 Å². The molecule has 2 amide bonds. The molecular weight excluding hydrogens is 284 g/mol. The Labute approximate surface area is 122 Å². The van der Waals surface area contributed by atoms with E-state index in [4.69, 9.17) is 11.6 Å². The van der Waals surface area contributed by atoms with Crippen molar-refractivity contribution in [3.8, 4) is 0 Å². The Balaban J connectivity index is 2.10. The Kier molecular flexibility index (Phi) is 7.36. The highest BCUT2D eigenvalue weighted by atomic mass is 35.5. The van der Waals surface area contributed by atoms with Crippen LogP contribution in [0, 0.1) is 0 Å². The van der Waals surface area contributed by atoms with Gasteiger partial charge in [-0.25, -0.2) is 0 Å². The van der Waals surface area contributed by atoms with E-state index in [9.17, 15) is 9.59 Å². The molecule has 6 heteroatoms. The molecule has 0 aliphatic rings. The molecule has 1 rings (SSSR count). The zero-order valence-corrected chi connectivity index (χ0v) is 12.3. The van der Waals surface area contributed by atoms with Crippen molar-refractivity contribution in [3.05, 3.63) is 29.3 Å². The second-order valence-electron chi connectivity index (χ2n) is 3.89. The maximum atomic E-state index is 11.5. The smallest absolute Gasteiger partial charge is 0.220 e. The predicted molar refractivity (Wildman–Crippen MR) is 78.5 cm³/mol. The van der Waals surface area contributed by atoms with Gasteiger partial charge in [-0.3, -0.25) is 9.59 Å². The van der Waals surface area contributed by atoms with E-state index in [1.165, 1.54) is 6.92 Å². The highest BCUT2D eigenvalue weighted by molar-refractivity contribution is 7.99.